The number of carbonyl (C=O) groups excluding carboxylic acids is 1. The lowest BCUT2D eigenvalue weighted by Gasteiger charge is -2.12. The molecule has 7 heteroatoms. The minimum absolute atomic E-state index is 0.134. The Hall–Kier alpha value is -3.19. The van der Waals surface area contributed by atoms with Crippen molar-refractivity contribution in [1.29, 1.82) is 0 Å². The maximum atomic E-state index is 12.7. The standard InChI is InChI=1S/C21H19N5OS/c1-14(28-21-25-22-13-26(21)2)16-7-5-8-17(12-16)20(27)24-19-11-10-15-6-3-4-9-18(15)23-19/h3-14H,1-2H3,(H,23,24,27). The number of nitrogens with one attached hydrogen (secondary N) is 1. The molecule has 0 radical (unpaired) electrons. The number of carbonyl (C=O) groups is 1. The summed E-state index contributed by atoms with van der Waals surface area (Å²) in [6.45, 7) is 2.08. The van der Waals surface area contributed by atoms with Crippen molar-refractivity contribution in [1.82, 2.24) is 19.7 Å². The Kier molecular flexibility index (Phi) is 5.08. The van der Waals surface area contributed by atoms with Gasteiger partial charge in [-0.15, -0.1) is 10.2 Å². The number of amides is 1. The molecule has 1 amide bonds. The Morgan fingerprint density at radius 3 is 2.79 bits per heavy atom. The van der Waals surface area contributed by atoms with Crippen LogP contribution >= 0.6 is 11.8 Å². The average molecular weight is 389 g/mol. The van der Waals surface area contributed by atoms with E-state index < -0.39 is 0 Å². The van der Waals surface area contributed by atoms with E-state index >= 15 is 0 Å². The van der Waals surface area contributed by atoms with Gasteiger partial charge in [0.05, 0.1) is 5.52 Å². The number of aryl methyl sites for hydroxylation is 1. The number of fused-ring (bicyclic) bond motifs is 1. The molecule has 0 bridgehead atoms. The number of hydrogen-bond acceptors (Lipinski definition) is 5. The number of rotatable bonds is 5. The van der Waals surface area contributed by atoms with Crippen molar-refractivity contribution in [3.05, 3.63) is 78.1 Å². The Bertz CT molecular complexity index is 1140. The maximum Gasteiger partial charge on any atom is 0.256 e. The van der Waals surface area contributed by atoms with E-state index in [1.165, 1.54) is 0 Å². The van der Waals surface area contributed by atoms with E-state index in [4.69, 9.17) is 0 Å². The Morgan fingerprint density at radius 1 is 1.11 bits per heavy atom. The largest absolute Gasteiger partial charge is 0.312 e. The van der Waals surface area contributed by atoms with Gasteiger partial charge in [0.1, 0.15) is 12.1 Å². The first-order chi connectivity index (χ1) is 13.6. The van der Waals surface area contributed by atoms with Crippen LogP contribution in [0.15, 0.2) is 72.1 Å². The van der Waals surface area contributed by atoms with E-state index in [1.807, 2.05) is 66.2 Å². The van der Waals surface area contributed by atoms with Crippen molar-refractivity contribution >= 4 is 34.4 Å². The summed E-state index contributed by atoms with van der Waals surface area (Å²) < 4.78 is 1.88. The van der Waals surface area contributed by atoms with Gasteiger partial charge in [0.15, 0.2) is 5.16 Å². The zero-order valence-electron chi connectivity index (χ0n) is 15.5. The predicted octanol–water partition coefficient (Wildman–Crippen LogP) is 4.47. The number of hydrogen-bond donors (Lipinski definition) is 1. The van der Waals surface area contributed by atoms with Gasteiger partial charge in [-0.3, -0.25) is 4.79 Å². The zero-order chi connectivity index (χ0) is 19.5. The first-order valence-corrected chi connectivity index (χ1v) is 9.76. The molecular weight excluding hydrogens is 370 g/mol. The van der Waals surface area contributed by atoms with Crippen LogP contribution in [0.25, 0.3) is 10.9 Å². The maximum absolute atomic E-state index is 12.7. The molecule has 2 heterocycles. The minimum Gasteiger partial charge on any atom is -0.312 e. The highest BCUT2D eigenvalue weighted by Crippen LogP contribution is 2.33. The van der Waals surface area contributed by atoms with Crippen LogP contribution in [0.2, 0.25) is 0 Å². The molecule has 140 valence electrons. The summed E-state index contributed by atoms with van der Waals surface area (Å²) in [6.07, 6.45) is 1.68. The smallest absolute Gasteiger partial charge is 0.256 e. The highest BCUT2D eigenvalue weighted by Gasteiger charge is 2.14. The molecule has 4 aromatic rings. The van der Waals surface area contributed by atoms with Crippen LogP contribution in [0, 0.1) is 0 Å². The molecule has 0 aliphatic heterocycles. The lowest BCUT2D eigenvalue weighted by molar-refractivity contribution is 0.102. The molecule has 0 aliphatic rings. The molecule has 1 N–H and O–H groups in total. The molecule has 2 aromatic heterocycles. The van der Waals surface area contributed by atoms with Crippen molar-refractivity contribution in [2.75, 3.05) is 5.32 Å². The fourth-order valence-corrected chi connectivity index (χ4v) is 3.77. The molecule has 0 fully saturated rings. The van der Waals surface area contributed by atoms with Gasteiger partial charge >= 0.3 is 0 Å². The molecule has 1 atom stereocenters. The van der Waals surface area contributed by atoms with Gasteiger partial charge in [-0.25, -0.2) is 4.98 Å². The molecular formula is C21H19N5OS. The summed E-state index contributed by atoms with van der Waals surface area (Å²) in [4.78, 5) is 17.2. The van der Waals surface area contributed by atoms with Gasteiger partial charge in [-0.05, 0) is 42.8 Å². The van der Waals surface area contributed by atoms with Crippen molar-refractivity contribution in [3.63, 3.8) is 0 Å². The topological polar surface area (TPSA) is 72.7 Å². The van der Waals surface area contributed by atoms with Gasteiger partial charge in [-0.2, -0.15) is 0 Å². The summed E-state index contributed by atoms with van der Waals surface area (Å²) in [7, 11) is 1.91. The van der Waals surface area contributed by atoms with E-state index in [0.717, 1.165) is 21.6 Å². The lowest BCUT2D eigenvalue weighted by Crippen LogP contribution is -2.13. The molecule has 0 saturated carbocycles. The van der Waals surface area contributed by atoms with Crippen molar-refractivity contribution in [3.8, 4) is 0 Å². The predicted molar refractivity (Wildman–Crippen MR) is 111 cm³/mol. The lowest BCUT2D eigenvalue weighted by atomic mass is 10.1. The number of pyridine rings is 1. The zero-order valence-corrected chi connectivity index (χ0v) is 16.4. The Morgan fingerprint density at radius 2 is 1.96 bits per heavy atom. The van der Waals surface area contributed by atoms with Crippen LogP contribution in [-0.4, -0.2) is 25.7 Å². The third-order valence-corrected chi connectivity index (χ3v) is 5.62. The van der Waals surface area contributed by atoms with Crippen LogP contribution in [0.4, 0.5) is 5.82 Å². The molecule has 0 aliphatic carbocycles. The second kappa shape index (κ2) is 7.82. The van der Waals surface area contributed by atoms with Gasteiger partial charge < -0.3 is 9.88 Å². The van der Waals surface area contributed by atoms with Gasteiger partial charge in [0.25, 0.3) is 5.91 Å². The summed E-state index contributed by atoms with van der Waals surface area (Å²) in [5, 5.41) is 12.9. The third kappa shape index (κ3) is 3.89. The van der Waals surface area contributed by atoms with Crippen LogP contribution in [0.1, 0.15) is 28.1 Å². The molecule has 6 nitrogen and oxygen atoms in total. The van der Waals surface area contributed by atoms with E-state index in [-0.39, 0.29) is 11.2 Å². The summed E-state index contributed by atoms with van der Waals surface area (Å²) in [6, 6.07) is 19.2. The highest BCUT2D eigenvalue weighted by molar-refractivity contribution is 7.99. The average Bonchev–Trinajstić information content (AvgIpc) is 3.12. The Labute approximate surface area is 167 Å². The number of nitrogens with zero attached hydrogens (tertiary/aromatic N) is 4. The second-order valence-corrected chi connectivity index (χ2v) is 7.76. The monoisotopic (exact) mass is 389 g/mol. The van der Waals surface area contributed by atoms with E-state index in [2.05, 4.69) is 27.4 Å². The van der Waals surface area contributed by atoms with Gasteiger partial charge in [-0.1, -0.05) is 42.1 Å². The van der Waals surface area contributed by atoms with Gasteiger partial charge in [0, 0.05) is 23.2 Å². The summed E-state index contributed by atoms with van der Waals surface area (Å²) in [5.41, 5.74) is 2.49. The number of para-hydroxylation sites is 1. The fraction of sp³-hybridized carbons (Fsp3) is 0.143. The highest BCUT2D eigenvalue weighted by atomic mass is 32.2. The van der Waals surface area contributed by atoms with Gasteiger partial charge in [0.2, 0.25) is 0 Å². The van der Waals surface area contributed by atoms with Crippen LogP contribution < -0.4 is 5.32 Å². The molecule has 0 saturated heterocycles. The summed E-state index contributed by atoms with van der Waals surface area (Å²) in [5.74, 6) is 0.358. The van der Waals surface area contributed by atoms with E-state index in [0.29, 0.717) is 11.4 Å². The first kappa shape index (κ1) is 18.2. The third-order valence-electron chi connectivity index (χ3n) is 4.41. The molecule has 2 aromatic carbocycles. The van der Waals surface area contributed by atoms with Crippen molar-refractivity contribution in [2.45, 2.75) is 17.3 Å². The normalized spacial score (nSPS) is 12.1. The van der Waals surface area contributed by atoms with Crippen LogP contribution in [0.3, 0.4) is 0 Å². The fourth-order valence-electron chi connectivity index (χ4n) is 2.86. The number of benzene rings is 2. The van der Waals surface area contributed by atoms with E-state index in [9.17, 15) is 4.79 Å². The van der Waals surface area contributed by atoms with Crippen LogP contribution in [0.5, 0.6) is 0 Å². The summed E-state index contributed by atoms with van der Waals surface area (Å²) >= 11 is 1.60. The second-order valence-electron chi connectivity index (χ2n) is 6.45. The number of thioether (sulfide) groups is 1. The molecule has 28 heavy (non-hydrogen) atoms. The molecule has 1 unspecified atom stereocenters. The molecule has 0 spiro atoms. The van der Waals surface area contributed by atoms with Crippen molar-refractivity contribution in [2.24, 2.45) is 7.05 Å². The van der Waals surface area contributed by atoms with E-state index in [1.54, 1.807) is 24.2 Å². The Balaban J connectivity index is 1.51. The minimum atomic E-state index is -0.180. The van der Waals surface area contributed by atoms with Crippen LogP contribution in [-0.2, 0) is 7.05 Å². The van der Waals surface area contributed by atoms with Crippen molar-refractivity contribution < 1.29 is 4.79 Å². The molecule has 4 rings (SSSR count). The first-order valence-electron chi connectivity index (χ1n) is 8.88. The number of aromatic nitrogens is 4. The number of anilines is 1. The SMILES string of the molecule is CC(Sc1nncn1C)c1cccc(C(=O)Nc2ccc3ccccc3n2)c1. The quantitative estimate of drug-likeness (QED) is 0.510.